The fourth-order valence-electron chi connectivity index (χ4n) is 2.92. The molecule has 3 rings (SSSR count). The second-order valence-corrected chi connectivity index (χ2v) is 7.57. The first-order chi connectivity index (χ1) is 14.9. The maximum atomic E-state index is 12.4. The van der Waals surface area contributed by atoms with Gasteiger partial charge in [-0.05, 0) is 54.8 Å². The van der Waals surface area contributed by atoms with Gasteiger partial charge in [0, 0.05) is 18.2 Å². The van der Waals surface area contributed by atoms with Gasteiger partial charge in [-0.15, -0.1) is 0 Å². The smallest absolute Gasteiger partial charge is 0.326 e. The molecule has 160 valence electrons. The lowest BCUT2D eigenvalue weighted by atomic mass is 10.2. The molecule has 0 bridgehead atoms. The molecule has 0 fully saturated rings. The molecule has 0 saturated carbocycles. The van der Waals surface area contributed by atoms with Crippen LogP contribution in [-0.2, 0) is 27.3 Å². The monoisotopic (exact) mass is 439 g/mol. The van der Waals surface area contributed by atoms with E-state index in [9.17, 15) is 19.7 Å². The lowest BCUT2D eigenvalue weighted by Gasteiger charge is -2.05. The van der Waals surface area contributed by atoms with E-state index in [1.54, 1.807) is 23.6 Å². The molecule has 1 heterocycles. The topological polar surface area (TPSA) is 104 Å². The number of aromatic nitrogens is 1. The molecule has 0 radical (unpaired) electrons. The van der Waals surface area contributed by atoms with E-state index >= 15 is 0 Å². The van der Waals surface area contributed by atoms with Crippen LogP contribution in [0.5, 0.6) is 0 Å². The van der Waals surface area contributed by atoms with Crippen molar-refractivity contribution in [2.24, 2.45) is 4.99 Å². The average molecular weight is 439 g/mol. The standard InChI is InChI=1S/C22H21N3O5S/c1-3-15-7-11-18-19(13-15)31-22(24(18)14-21(27)30-4-2)23-20(26)12-8-16-5-9-17(10-6-16)25(28)29/h5-13H,3-4,14H2,1-2H3. The van der Waals surface area contributed by atoms with Crippen LogP contribution in [-0.4, -0.2) is 28.0 Å². The molecule has 0 atom stereocenters. The number of esters is 1. The first-order valence-corrected chi connectivity index (χ1v) is 10.5. The number of amides is 1. The molecular weight excluding hydrogens is 418 g/mol. The largest absolute Gasteiger partial charge is 0.465 e. The Labute approximate surface area is 182 Å². The third-order valence-corrected chi connectivity index (χ3v) is 5.52. The van der Waals surface area contributed by atoms with Gasteiger partial charge >= 0.3 is 5.97 Å². The van der Waals surface area contributed by atoms with Crippen LogP contribution in [0.3, 0.4) is 0 Å². The van der Waals surface area contributed by atoms with Crippen molar-refractivity contribution >= 4 is 45.2 Å². The minimum Gasteiger partial charge on any atom is -0.465 e. The van der Waals surface area contributed by atoms with Crippen molar-refractivity contribution in [2.75, 3.05) is 6.61 Å². The fourth-order valence-corrected chi connectivity index (χ4v) is 4.02. The first-order valence-electron chi connectivity index (χ1n) is 9.70. The van der Waals surface area contributed by atoms with Crippen molar-refractivity contribution in [3.63, 3.8) is 0 Å². The average Bonchev–Trinajstić information content (AvgIpc) is 3.08. The van der Waals surface area contributed by atoms with Crippen LogP contribution in [0.1, 0.15) is 25.0 Å². The van der Waals surface area contributed by atoms with Crippen molar-refractivity contribution in [2.45, 2.75) is 26.8 Å². The third kappa shape index (κ3) is 5.52. The summed E-state index contributed by atoms with van der Waals surface area (Å²) in [7, 11) is 0. The zero-order valence-electron chi connectivity index (χ0n) is 17.1. The van der Waals surface area contributed by atoms with Crippen LogP contribution in [0.15, 0.2) is 53.5 Å². The Morgan fingerprint density at radius 2 is 1.94 bits per heavy atom. The van der Waals surface area contributed by atoms with Crippen LogP contribution in [0.2, 0.25) is 0 Å². The normalized spacial score (nSPS) is 11.9. The quantitative estimate of drug-likeness (QED) is 0.241. The van der Waals surface area contributed by atoms with Gasteiger partial charge < -0.3 is 9.30 Å². The number of hydrogen-bond acceptors (Lipinski definition) is 6. The molecule has 0 N–H and O–H groups in total. The Bertz CT molecular complexity index is 1220. The molecule has 0 unspecified atom stereocenters. The number of nitrogens with zero attached hydrogens (tertiary/aromatic N) is 3. The Balaban J connectivity index is 1.94. The first kappa shape index (κ1) is 22.1. The van der Waals surface area contributed by atoms with E-state index < -0.39 is 16.8 Å². The minimum atomic E-state index is -0.502. The van der Waals surface area contributed by atoms with Crippen molar-refractivity contribution in [3.8, 4) is 0 Å². The van der Waals surface area contributed by atoms with E-state index in [1.807, 2.05) is 18.2 Å². The zero-order chi connectivity index (χ0) is 22.4. The van der Waals surface area contributed by atoms with Crippen LogP contribution in [0, 0.1) is 10.1 Å². The molecule has 8 nitrogen and oxygen atoms in total. The van der Waals surface area contributed by atoms with Crippen LogP contribution >= 0.6 is 11.3 Å². The molecule has 0 saturated heterocycles. The van der Waals surface area contributed by atoms with Crippen molar-refractivity contribution in [1.82, 2.24) is 4.57 Å². The van der Waals surface area contributed by atoms with Crippen molar-refractivity contribution in [3.05, 3.63) is 74.6 Å². The molecule has 1 aromatic heterocycles. The summed E-state index contributed by atoms with van der Waals surface area (Å²) in [4.78, 5) is 39.3. The number of fused-ring (bicyclic) bond motifs is 1. The molecule has 0 aliphatic carbocycles. The molecule has 31 heavy (non-hydrogen) atoms. The van der Waals surface area contributed by atoms with Crippen molar-refractivity contribution < 1.29 is 19.2 Å². The fraction of sp³-hybridized carbons (Fsp3) is 0.227. The highest BCUT2D eigenvalue weighted by Crippen LogP contribution is 2.20. The number of thiazole rings is 1. The lowest BCUT2D eigenvalue weighted by molar-refractivity contribution is -0.384. The molecule has 0 spiro atoms. The number of aryl methyl sites for hydroxylation is 1. The van der Waals surface area contributed by atoms with Gasteiger partial charge in [-0.3, -0.25) is 19.7 Å². The number of non-ortho nitro benzene ring substituents is 1. The number of rotatable bonds is 7. The molecule has 0 aliphatic rings. The van der Waals surface area contributed by atoms with Gasteiger partial charge in [-0.2, -0.15) is 4.99 Å². The Kier molecular flexibility index (Phi) is 7.09. The predicted molar refractivity (Wildman–Crippen MR) is 119 cm³/mol. The van der Waals surface area contributed by atoms with Gasteiger partial charge in [0.15, 0.2) is 4.80 Å². The number of carbonyl (C=O) groups excluding carboxylic acids is 2. The van der Waals surface area contributed by atoms with Gasteiger partial charge in [-0.1, -0.05) is 24.3 Å². The van der Waals surface area contributed by atoms with Gasteiger partial charge in [0.05, 0.1) is 21.7 Å². The highest BCUT2D eigenvalue weighted by molar-refractivity contribution is 7.16. The minimum absolute atomic E-state index is 0.0232. The summed E-state index contributed by atoms with van der Waals surface area (Å²) in [5.74, 6) is -0.907. The number of nitro benzene ring substituents is 1. The van der Waals surface area contributed by atoms with Gasteiger partial charge in [0.25, 0.3) is 11.6 Å². The van der Waals surface area contributed by atoms with E-state index in [1.165, 1.54) is 35.6 Å². The van der Waals surface area contributed by atoms with E-state index in [2.05, 4.69) is 11.9 Å². The summed E-state index contributed by atoms with van der Waals surface area (Å²) in [6, 6.07) is 11.8. The van der Waals surface area contributed by atoms with Gasteiger partial charge in [-0.25, -0.2) is 0 Å². The Morgan fingerprint density at radius 1 is 1.19 bits per heavy atom. The summed E-state index contributed by atoms with van der Waals surface area (Å²) >= 11 is 1.33. The second kappa shape index (κ2) is 9.94. The van der Waals surface area contributed by atoms with Crippen molar-refractivity contribution in [1.29, 1.82) is 0 Å². The Hall–Kier alpha value is -3.59. The Morgan fingerprint density at radius 3 is 2.58 bits per heavy atom. The van der Waals surface area contributed by atoms with E-state index in [0.717, 1.165) is 22.2 Å². The summed E-state index contributed by atoms with van der Waals surface area (Å²) in [6.45, 7) is 4.02. The number of benzene rings is 2. The van der Waals surface area contributed by atoms with E-state index in [0.29, 0.717) is 10.4 Å². The van der Waals surface area contributed by atoms with Crippen LogP contribution in [0.25, 0.3) is 16.3 Å². The van der Waals surface area contributed by atoms with E-state index in [4.69, 9.17) is 4.74 Å². The number of carbonyl (C=O) groups is 2. The summed E-state index contributed by atoms with van der Waals surface area (Å²) in [6.07, 6.45) is 3.70. The third-order valence-electron chi connectivity index (χ3n) is 4.48. The molecular formula is C22H21N3O5S. The number of ether oxygens (including phenoxy) is 1. The molecule has 2 aromatic carbocycles. The second-order valence-electron chi connectivity index (χ2n) is 6.56. The van der Waals surface area contributed by atoms with Crippen LogP contribution in [0.4, 0.5) is 5.69 Å². The number of nitro groups is 1. The molecule has 3 aromatic rings. The molecule has 0 aliphatic heterocycles. The van der Waals surface area contributed by atoms with Gasteiger partial charge in [0.1, 0.15) is 6.54 Å². The van der Waals surface area contributed by atoms with E-state index in [-0.39, 0.29) is 18.8 Å². The SMILES string of the molecule is CCOC(=O)Cn1c(=NC(=O)C=Cc2ccc([N+](=O)[O-])cc2)sc2cc(CC)ccc21. The summed E-state index contributed by atoms with van der Waals surface area (Å²) in [5, 5.41) is 10.7. The molecule has 1 amide bonds. The highest BCUT2D eigenvalue weighted by Gasteiger charge is 2.12. The lowest BCUT2D eigenvalue weighted by Crippen LogP contribution is -2.22. The zero-order valence-corrected chi connectivity index (χ0v) is 17.9. The highest BCUT2D eigenvalue weighted by atomic mass is 32.1. The predicted octanol–water partition coefficient (Wildman–Crippen LogP) is 3.88. The maximum Gasteiger partial charge on any atom is 0.326 e. The van der Waals surface area contributed by atoms with Gasteiger partial charge in [0.2, 0.25) is 0 Å². The maximum absolute atomic E-state index is 12.4. The van der Waals surface area contributed by atoms with Crippen LogP contribution < -0.4 is 4.80 Å². The number of hydrogen-bond donors (Lipinski definition) is 0. The summed E-state index contributed by atoms with van der Waals surface area (Å²) in [5.41, 5.74) is 2.57. The summed E-state index contributed by atoms with van der Waals surface area (Å²) < 4.78 is 7.66. The molecule has 9 heteroatoms.